The van der Waals surface area contributed by atoms with Gasteiger partial charge in [-0.3, -0.25) is 0 Å². The summed E-state index contributed by atoms with van der Waals surface area (Å²) in [5.74, 6) is -0.359. The first-order valence-electron chi connectivity index (χ1n) is 8.77. The molecule has 0 aromatic heterocycles. The van der Waals surface area contributed by atoms with Gasteiger partial charge in [-0.2, -0.15) is 0 Å². The summed E-state index contributed by atoms with van der Waals surface area (Å²) in [6.07, 6.45) is 2.64. The van der Waals surface area contributed by atoms with Gasteiger partial charge in [0, 0.05) is 0 Å². The number of unbranched alkanes of at least 4 members (excludes halogenated alkanes) is 1. The maximum absolute atomic E-state index is 12.4. The highest BCUT2D eigenvalue weighted by Crippen LogP contribution is 2.14. The van der Waals surface area contributed by atoms with Crippen molar-refractivity contribution < 1.29 is 4.39 Å². The van der Waals surface area contributed by atoms with Gasteiger partial charge in [-0.15, -0.1) is 0 Å². The topological polar surface area (TPSA) is 0 Å². The Labute approximate surface area is 154 Å². The van der Waals surface area contributed by atoms with Gasteiger partial charge in [0.2, 0.25) is 0 Å². The van der Waals surface area contributed by atoms with Crippen LogP contribution in [0.1, 0.15) is 62.8 Å². The molecule has 0 saturated carbocycles. The molecule has 0 fully saturated rings. The van der Waals surface area contributed by atoms with E-state index in [1.807, 2.05) is 20.8 Å². The van der Waals surface area contributed by atoms with Crippen molar-refractivity contribution in [1.82, 2.24) is 0 Å². The van der Waals surface area contributed by atoms with Crippen molar-refractivity contribution in [3.05, 3.63) is 69.5 Å². The molecule has 0 radical (unpaired) electrons. The van der Waals surface area contributed by atoms with Gasteiger partial charge in [0.1, 0.15) is 5.82 Å². The maximum atomic E-state index is 12.4. The van der Waals surface area contributed by atoms with Gasteiger partial charge in [0.25, 0.3) is 0 Å². The fraction of sp³-hybridized carbons (Fsp3) is 0.455. The molecule has 0 saturated heterocycles. The molecule has 0 amide bonds. The number of rotatable bonds is 1. The van der Waals surface area contributed by atoms with Crippen molar-refractivity contribution in [1.29, 1.82) is 0 Å². The van der Waals surface area contributed by atoms with Gasteiger partial charge in [-0.25, -0.2) is 4.39 Å². The molecule has 0 spiro atoms. The van der Waals surface area contributed by atoms with Crippen molar-refractivity contribution >= 4 is 11.6 Å². The minimum atomic E-state index is -0.359. The molecule has 2 aromatic rings. The predicted molar refractivity (Wildman–Crippen MR) is 109 cm³/mol. The monoisotopic (exact) mass is 352 g/mol. The van der Waals surface area contributed by atoms with Crippen LogP contribution in [0.4, 0.5) is 4.39 Å². The van der Waals surface area contributed by atoms with Crippen molar-refractivity contribution in [2.24, 2.45) is 0 Å². The largest absolute Gasteiger partial charge is 0.205 e. The van der Waals surface area contributed by atoms with E-state index in [0.717, 1.165) is 5.56 Å². The molecule has 0 aliphatic rings. The van der Waals surface area contributed by atoms with Crippen LogP contribution in [0.25, 0.3) is 0 Å². The average Bonchev–Trinajstić information content (AvgIpc) is 2.58. The molecule has 0 unspecified atom stereocenters. The smallest absolute Gasteiger partial charge is 0.141 e. The first-order valence-corrected chi connectivity index (χ1v) is 9.15. The molecule has 0 bridgehead atoms. The number of halogens is 2. The lowest BCUT2D eigenvalue weighted by Gasteiger charge is -1.98. The van der Waals surface area contributed by atoms with Crippen LogP contribution in [0, 0.1) is 33.5 Å². The Morgan fingerprint density at radius 1 is 0.750 bits per heavy atom. The molecule has 0 aliphatic heterocycles. The Balaban J connectivity index is 0. The van der Waals surface area contributed by atoms with E-state index >= 15 is 0 Å². The minimum Gasteiger partial charge on any atom is -0.205 e. The summed E-state index contributed by atoms with van der Waals surface area (Å²) in [5.41, 5.74) is 5.08. The quantitative estimate of drug-likeness (QED) is 0.484. The van der Waals surface area contributed by atoms with Gasteiger partial charge in [0.15, 0.2) is 0 Å². The standard InChI is InChI=1S/C9H12.C7H6ClF.C4H10.C2H6/c1-7-4-5-8(2)9(3)6-7;1-5-2-3-7(9)6(8)4-5;1-3-4-2;1-2/h4-6H,1-3H3;2-4H,1H3;3-4H2,1-2H3;1-2H3. The van der Waals surface area contributed by atoms with E-state index in [9.17, 15) is 4.39 Å². The van der Waals surface area contributed by atoms with E-state index in [-0.39, 0.29) is 10.8 Å². The van der Waals surface area contributed by atoms with E-state index in [1.54, 1.807) is 12.1 Å². The van der Waals surface area contributed by atoms with Crippen molar-refractivity contribution in [2.75, 3.05) is 0 Å². The fourth-order valence-electron chi connectivity index (χ4n) is 1.49. The first-order chi connectivity index (χ1) is 11.3. The summed E-state index contributed by atoms with van der Waals surface area (Å²) >= 11 is 5.44. The van der Waals surface area contributed by atoms with E-state index in [2.05, 4.69) is 52.8 Å². The molecule has 136 valence electrons. The Hall–Kier alpha value is -1.34. The number of aryl methyl sites for hydroxylation is 4. The predicted octanol–water partition coefficient (Wildman–Crippen LogP) is 8.23. The lowest BCUT2D eigenvalue weighted by molar-refractivity contribution is 0.628. The summed E-state index contributed by atoms with van der Waals surface area (Å²) in [5, 5.41) is 0.190. The highest BCUT2D eigenvalue weighted by molar-refractivity contribution is 6.30. The Kier molecular flexibility index (Phi) is 15.8. The van der Waals surface area contributed by atoms with Crippen LogP contribution in [-0.2, 0) is 0 Å². The summed E-state index contributed by atoms with van der Waals surface area (Å²) in [4.78, 5) is 0. The third-order valence-electron chi connectivity index (χ3n) is 3.24. The Bertz CT molecular complexity index is 510. The van der Waals surface area contributed by atoms with E-state index < -0.39 is 0 Å². The third-order valence-corrected chi connectivity index (χ3v) is 3.53. The summed E-state index contributed by atoms with van der Waals surface area (Å²) in [6, 6.07) is 11.1. The maximum Gasteiger partial charge on any atom is 0.141 e. The van der Waals surface area contributed by atoms with E-state index in [4.69, 9.17) is 11.6 Å². The molecular weight excluding hydrogens is 319 g/mol. The molecule has 24 heavy (non-hydrogen) atoms. The molecule has 0 aliphatic carbocycles. The van der Waals surface area contributed by atoms with Crippen LogP contribution in [0.15, 0.2) is 36.4 Å². The van der Waals surface area contributed by atoms with Crippen LogP contribution < -0.4 is 0 Å². The van der Waals surface area contributed by atoms with Gasteiger partial charge < -0.3 is 0 Å². The minimum absolute atomic E-state index is 0.190. The van der Waals surface area contributed by atoms with Gasteiger partial charge in [-0.1, -0.05) is 82.0 Å². The molecule has 2 rings (SSSR count). The molecule has 2 heteroatoms. The molecule has 0 atom stereocenters. The van der Waals surface area contributed by atoms with Crippen molar-refractivity contribution in [3.63, 3.8) is 0 Å². The Morgan fingerprint density at radius 2 is 1.21 bits per heavy atom. The zero-order chi connectivity index (χ0) is 19.1. The zero-order valence-electron chi connectivity index (χ0n) is 16.6. The van der Waals surface area contributed by atoms with Crippen LogP contribution in [0.2, 0.25) is 5.02 Å². The average molecular weight is 353 g/mol. The Morgan fingerprint density at radius 3 is 1.54 bits per heavy atom. The second-order valence-corrected chi connectivity index (χ2v) is 5.91. The highest BCUT2D eigenvalue weighted by atomic mass is 35.5. The van der Waals surface area contributed by atoms with E-state index in [1.165, 1.54) is 35.6 Å². The molecule has 2 aromatic carbocycles. The normalized spacial score (nSPS) is 8.75. The lowest BCUT2D eigenvalue weighted by atomic mass is 10.1. The van der Waals surface area contributed by atoms with Crippen LogP contribution in [-0.4, -0.2) is 0 Å². The van der Waals surface area contributed by atoms with Gasteiger partial charge in [-0.05, 0) is 56.5 Å². The SMILES string of the molecule is CC.CCCC.Cc1ccc(C)c(C)c1.Cc1ccc(F)c(Cl)c1. The summed E-state index contributed by atoms with van der Waals surface area (Å²) in [6.45, 7) is 16.6. The fourth-order valence-corrected chi connectivity index (χ4v) is 1.73. The number of hydrogen-bond acceptors (Lipinski definition) is 0. The van der Waals surface area contributed by atoms with Crippen molar-refractivity contribution in [3.8, 4) is 0 Å². The van der Waals surface area contributed by atoms with Crippen LogP contribution in [0.5, 0.6) is 0 Å². The number of hydrogen-bond donors (Lipinski definition) is 0. The first kappa shape index (κ1) is 24.9. The number of benzene rings is 2. The molecule has 0 nitrogen and oxygen atoms in total. The molecule has 0 heterocycles. The molecular formula is C22H34ClF. The summed E-state index contributed by atoms with van der Waals surface area (Å²) in [7, 11) is 0. The second-order valence-electron chi connectivity index (χ2n) is 5.51. The summed E-state index contributed by atoms with van der Waals surface area (Å²) < 4.78 is 12.4. The highest BCUT2D eigenvalue weighted by Gasteiger charge is 1.95. The van der Waals surface area contributed by atoms with Crippen LogP contribution in [0.3, 0.4) is 0 Å². The van der Waals surface area contributed by atoms with Gasteiger partial charge in [0.05, 0.1) is 5.02 Å². The van der Waals surface area contributed by atoms with E-state index in [0.29, 0.717) is 0 Å². The lowest BCUT2D eigenvalue weighted by Crippen LogP contribution is -1.79. The zero-order valence-corrected chi connectivity index (χ0v) is 17.4. The van der Waals surface area contributed by atoms with Gasteiger partial charge >= 0.3 is 0 Å². The van der Waals surface area contributed by atoms with Crippen molar-refractivity contribution in [2.45, 2.75) is 68.2 Å². The second kappa shape index (κ2) is 15.2. The van der Waals surface area contributed by atoms with Crippen LogP contribution >= 0.6 is 11.6 Å². The molecule has 0 N–H and O–H groups in total. The third kappa shape index (κ3) is 12.1.